The zero-order chi connectivity index (χ0) is 16.4. The fourth-order valence-corrected chi connectivity index (χ4v) is 3.50. The van der Waals surface area contributed by atoms with Gasteiger partial charge in [-0.2, -0.15) is 5.10 Å². The van der Waals surface area contributed by atoms with E-state index in [1.54, 1.807) is 7.11 Å². The second-order valence-electron chi connectivity index (χ2n) is 6.87. The van der Waals surface area contributed by atoms with Crippen molar-refractivity contribution in [1.29, 1.82) is 0 Å². The summed E-state index contributed by atoms with van der Waals surface area (Å²) >= 11 is 0. The first-order chi connectivity index (χ1) is 11.0. The maximum Gasteiger partial charge on any atom is 0.142 e. The lowest BCUT2D eigenvalue weighted by molar-refractivity contribution is 0.175. The number of para-hydroxylation sites is 2. The average molecular weight is 314 g/mol. The van der Waals surface area contributed by atoms with Crippen LogP contribution in [-0.2, 0) is 13.6 Å². The molecule has 1 aromatic carbocycles. The SMILES string of the molecule is COc1ccccc1N1CCN(Cc2cnn(C)c2)CC1(C)C. The second kappa shape index (κ2) is 6.24. The van der Waals surface area contributed by atoms with Crippen molar-refractivity contribution in [2.24, 2.45) is 7.05 Å². The summed E-state index contributed by atoms with van der Waals surface area (Å²) in [6.45, 7) is 8.60. The molecular formula is C18H26N4O. The molecule has 124 valence electrons. The third-order valence-electron chi connectivity index (χ3n) is 4.52. The van der Waals surface area contributed by atoms with Crippen LogP contribution in [0.3, 0.4) is 0 Å². The number of hydrogen-bond donors (Lipinski definition) is 0. The summed E-state index contributed by atoms with van der Waals surface area (Å²) < 4.78 is 7.42. The normalized spacial score (nSPS) is 18.2. The van der Waals surface area contributed by atoms with Gasteiger partial charge < -0.3 is 9.64 Å². The lowest BCUT2D eigenvalue weighted by atomic mass is 9.97. The molecule has 0 radical (unpaired) electrons. The van der Waals surface area contributed by atoms with Crippen LogP contribution in [0.15, 0.2) is 36.7 Å². The third-order valence-corrected chi connectivity index (χ3v) is 4.52. The van der Waals surface area contributed by atoms with Crippen molar-refractivity contribution in [1.82, 2.24) is 14.7 Å². The summed E-state index contributed by atoms with van der Waals surface area (Å²) in [6, 6.07) is 8.29. The van der Waals surface area contributed by atoms with Gasteiger partial charge in [0.05, 0.1) is 19.0 Å². The highest BCUT2D eigenvalue weighted by Crippen LogP contribution is 2.35. The number of hydrogen-bond acceptors (Lipinski definition) is 4. The van der Waals surface area contributed by atoms with E-state index in [0.29, 0.717) is 0 Å². The molecule has 1 aliphatic rings. The molecule has 23 heavy (non-hydrogen) atoms. The number of methoxy groups -OCH3 is 1. The Hall–Kier alpha value is -2.01. The van der Waals surface area contributed by atoms with Gasteiger partial charge in [-0.1, -0.05) is 12.1 Å². The summed E-state index contributed by atoms with van der Waals surface area (Å²) in [5.41, 5.74) is 2.50. The summed E-state index contributed by atoms with van der Waals surface area (Å²) in [7, 11) is 3.71. The van der Waals surface area contributed by atoms with Crippen molar-refractivity contribution in [2.75, 3.05) is 31.6 Å². The molecule has 0 amide bonds. The largest absolute Gasteiger partial charge is 0.495 e. The van der Waals surface area contributed by atoms with Crippen LogP contribution < -0.4 is 9.64 Å². The molecule has 2 heterocycles. The van der Waals surface area contributed by atoms with Crippen molar-refractivity contribution in [2.45, 2.75) is 25.9 Å². The Morgan fingerprint density at radius 3 is 2.65 bits per heavy atom. The fourth-order valence-electron chi connectivity index (χ4n) is 3.50. The van der Waals surface area contributed by atoms with E-state index < -0.39 is 0 Å². The molecule has 3 rings (SSSR count). The van der Waals surface area contributed by atoms with Crippen LogP contribution in [0.1, 0.15) is 19.4 Å². The second-order valence-corrected chi connectivity index (χ2v) is 6.87. The molecular weight excluding hydrogens is 288 g/mol. The van der Waals surface area contributed by atoms with Crippen LogP contribution in [0.2, 0.25) is 0 Å². The van der Waals surface area contributed by atoms with Crippen molar-refractivity contribution >= 4 is 5.69 Å². The number of piperazine rings is 1. The number of aromatic nitrogens is 2. The van der Waals surface area contributed by atoms with Crippen LogP contribution in [0.25, 0.3) is 0 Å². The molecule has 0 N–H and O–H groups in total. The van der Waals surface area contributed by atoms with Crippen LogP contribution in [-0.4, -0.2) is 47.0 Å². The highest BCUT2D eigenvalue weighted by atomic mass is 16.5. The molecule has 0 spiro atoms. The Balaban J connectivity index is 1.75. The molecule has 0 bridgehead atoms. The Morgan fingerprint density at radius 1 is 1.22 bits per heavy atom. The van der Waals surface area contributed by atoms with Gasteiger partial charge in [0.25, 0.3) is 0 Å². The summed E-state index contributed by atoms with van der Waals surface area (Å²) in [5.74, 6) is 0.946. The van der Waals surface area contributed by atoms with Gasteiger partial charge in [-0.15, -0.1) is 0 Å². The number of nitrogens with zero attached hydrogens (tertiary/aromatic N) is 4. The van der Waals surface area contributed by atoms with Gasteiger partial charge in [-0.05, 0) is 26.0 Å². The number of aryl methyl sites for hydroxylation is 1. The highest BCUT2D eigenvalue weighted by Gasteiger charge is 2.35. The van der Waals surface area contributed by atoms with Crippen LogP contribution >= 0.6 is 0 Å². The van der Waals surface area contributed by atoms with Gasteiger partial charge in [-0.3, -0.25) is 9.58 Å². The molecule has 0 saturated carbocycles. The summed E-state index contributed by atoms with van der Waals surface area (Å²) in [4.78, 5) is 4.97. The first-order valence-electron chi connectivity index (χ1n) is 8.10. The lowest BCUT2D eigenvalue weighted by Gasteiger charge is -2.48. The van der Waals surface area contributed by atoms with E-state index in [2.05, 4.69) is 47.1 Å². The Morgan fingerprint density at radius 2 is 2.00 bits per heavy atom. The Bertz CT molecular complexity index is 665. The van der Waals surface area contributed by atoms with E-state index in [0.717, 1.165) is 31.9 Å². The van der Waals surface area contributed by atoms with Gasteiger partial charge in [0.1, 0.15) is 5.75 Å². The number of rotatable bonds is 4. The maximum absolute atomic E-state index is 5.55. The van der Waals surface area contributed by atoms with Crippen molar-refractivity contribution in [3.8, 4) is 5.75 Å². The van der Waals surface area contributed by atoms with Crippen molar-refractivity contribution in [3.05, 3.63) is 42.2 Å². The smallest absolute Gasteiger partial charge is 0.142 e. The monoisotopic (exact) mass is 314 g/mol. The first-order valence-corrected chi connectivity index (χ1v) is 8.10. The first kappa shape index (κ1) is 15.9. The van der Waals surface area contributed by atoms with Gasteiger partial charge in [-0.25, -0.2) is 0 Å². The van der Waals surface area contributed by atoms with E-state index in [1.807, 2.05) is 30.1 Å². The minimum Gasteiger partial charge on any atom is -0.495 e. The number of benzene rings is 1. The van der Waals surface area contributed by atoms with Gasteiger partial charge >= 0.3 is 0 Å². The third kappa shape index (κ3) is 3.34. The minimum absolute atomic E-state index is 0.0507. The topological polar surface area (TPSA) is 33.5 Å². The van der Waals surface area contributed by atoms with Crippen LogP contribution in [0.4, 0.5) is 5.69 Å². The molecule has 2 aromatic rings. The van der Waals surface area contributed by atoms with Crippen LogP contribution in [0, 0.1) is 0 Å². The van der Waals surface area contributed by atoms with E-state index in [4.69, 9.17) is 4.74 Å². The Labute approximate surface area is 138 Å². The lowest BCUT2D eigenvalue weighted by Crippen LogP contribution is -2.59. The van der Waals surface area contributed by atoms with E-state index in [1.165, 1.54) is 11.3 Å². The standard InChI is InChI=1S/C18H26N4O/c1-18(2)14-21(13-15-11-19-20(3)12-15)9-10-22(18)16-7-5-6-8-17(16)23-4/h5-8,11-12H,9-10,13-14H2,1-4H3. The Kier molecular flexibility index (Phi) is 4.31. The highest BCUT2D eigenvalue weighted by molar-refractivity contribution is 5.60. The molecule has 1 aliphatic heterocycles. The van der Waals surface area contributed by atoms with Crippen LogP contribution in [0.5, 0.6) is 5.75 Å². The molecule has 5 heteroatoms. The number of ether oxygens (including phenoxy) is 1. The van der Waals surface area contributed by atoms with E-state index in [-0.39, 0.29) is 5.54 Å². The predicted octanol–water partition coefficient (Wildman–Crippen LogP) is 2.53. The molecule has 0 atom stereocenters. The maximum atomic E-state index is 5.55. The quantitative estimate of drug-likeness (QED) is 0.868. The van der Waals surface area contributed by atoms with Gasteiger partial charge in [0.2, 0.25) is 0 Å². The molecule has 0 unspecified atom stereocenters. The molecule has 1 saturated heterocycles. The molecule has 1 fully saturated rings. The number of anilines is 1. The van der Waals surface area contributed by atoms with Gasteiger partial charge in [0, 0.05) is 50.5 Å². The molecule has 0 aliphatic carbocycles. The van der Waals surface area contributed by atoms with Gasteiger partial charge in [0.15, 0.2) is 0 Å². The predicted molar refractivity (Wildman–Crippen MR) is 92.9 cm³/mol. The molecule has 5 nitrogen and oxygen atoms in total. The zero-order valence-corrected chi connectivity index (χ0v) is 14.5. The summed E-state index contributed by atoms with van der Waals surface area (Å²) in [6.07, 6.45) is 4.05. The summed E-state index contributed by atoms with van der Waals surface area (Å²) in [5, 5.41) is 4.27. The fraction of sp³-hybridized carbons (Fsp3) is 0.500. The van der Waals surface area contributed by atoms with E-state index >= 15 is 0 Å². The minimum atomic E-state index is 0.0507. The molecule has 1 aromatic heterocycles. The average Bonchev–Trinajstić information content (AvgIpc) is 2.91. The van der Waals surface area contributed by atoms with Crippen molar-refractivity contribution < 1.29 is 4.74 Å². The van der Waals surface area contributed by atoms with Crippen molar-refractivity contribution in [3.63, 3.8) is 0 Å². The van der Waals surface area contributed by atoms with E-state index in [9.17, 15) is 0 Å². The zero-order valence-electron chi connectivity index (χ0n) is 14.5.